The standard InChI is InChI=1S/C26H29FN8O/c1-34(18-19-5-7-23(27)8-6-19)14-4-3-11-29-26(36)30-24-16-21(20-9-12-28-13-10-20)15-22(17-24)25-31-32-33-35(25)2/h5-10,12-13,15-17H,3-4,11,14,18H2,1-2H3,(H2,29,30,36). The Bertz CT molecular complexity index is 1280. The summed E-state index contributed by atoms with van der Waals surface area (Å²) in [5, 5.41) is 17.6. The molecule has 0 fully saturated rings. The van der Waals surface area contributed by atoms with Gasteiger partial charge in [0.05, 0.1) is 0 Å². The lowest BCUT2D eigenvalue weighted by molar-refractivity contribution is 0.251. The summed E-state index contributed by atoms with van der Waals surface area (Å²) in [7, 11) is 3.80. The minimum atomic E-state index is -0.274. The van der Waals surface area contributed by atoms with E-state index in [1.54, 1.807) is 36.3 Å². The number of anilines is 1. The Morgan fingerprint density at radius 1 is 1.00 bits per heavy atom. The summed E-state index contributed by atoms with van der Waals surface area (Å²) in [6, 6.07) is 15.8. The number of hydrogen-bond acceptors (Lipinski definition) is 6. The van der Waals surface area contributed by atoms with Gasteiger partial charge in [-0.1, -0.05) is 12.1 Å². The maximum absolute atomic E-state index is 13.0. The first kappa shape index (κ1) is 24.9. The molecular weight excluding hydrogens is 459 g/mol. The number of aromatic nitrogens is 5. The molecule has 36 heavy (non-hydrogen) atoms. The normalized spacial score (nSPS) is 11.0. The molecule has 0 aliphatic rings. The van der Waals surface area contributed by atoms with Crippen LogP contribution in [0.2, 0.25) is 0 Å². The van der Waals surface area contributed by atoms with E-state index in [1.807, 2.05) is 37.4 Å². The smallest absolute Gasteiger partial charge is 0.319 e. The Kier molecular flexibility index (Phi) is 8.30. The summed E-state index contributed by atoms with van der Waals surface area (Å²) >= 11 is 0. The molecule has 2 amide bonds. The molecule has 2 aromatic carbocycles. The van der Waals surface area contributed by atoms with Crippen molar-refractivity contribution in [2.24, 2.45) is 7.05 Å². The third-order valence-electron chi connectivity index (χ3n) is 5.70. The number of pyridine rings is 1. The fraction of sp³-hybridized carbons (Fsp3) is 0.269. The molecule has 0 aliphatic carbocycles. The molecule has 0 saturated heterocycles. The maximum atomic E-state index is 13.0. The van der Waals surface area contributed by atoms with E-state index in [0.717, 1.165) is 48.2 Å². The second-order valence-electron chi connectivity index (χ2n) is 8.61. The van der Waals surface area contributed by atoms with Gasteiger partial charge < -0.3 is 15.5 Å². The van der Waals surface area contributed by atoms with Gasteiger partial charge in [0, 0.05) is 43.8 Å². The first-order valence-corrected chi connectivity index (χ1v) is 11.7. The van der Waals surface area contributed by atoms with Crippen LogP contribution >= 0.6 is 0 Å². The first-order valence-electron chi connectivity index (χ1n) is 11.7. The summed E-state index contributed by atoms with van der Waals surface area (Å²) in [6.45, 7) is 2.19. The largest absolute Gasteiger partial charge is 0.338 e. The number of amides is 2. The van der Waals surface area contributed by atoms with Gasteiger partial charge in [0.25, 0.3) is 0 Å². The molecule has 0 radical (unpaired) electrons. The van der Waals surface area contributed by atoms with Crippen LogP contribution in [0.5, 0.6) is 0 Å². The highest BCUT2D eigenvalue weighted by Gasteiger charge is 2.12. The molecule has 2 N–H and O–H groups in total. The highest BCUT2D eigenvalue weighted by atomic mass is 19.1. The number of carbonyl (C=O) groups excluding carboxylic acids is 1. The first-order chi connectivity index (χ1) is 17.5. The minimum Gasteiger partial charge on any atom is -0.338 e. The Hall–Kier alpha value is -4.18. The van der Waals surface area contributed by atoms with E-state index in [4.69, 9.17) is 0 Å². The summed E-state index contributed by atoms with van der Waals surface area (Å²) in [4.78, 5) is 18.8. The molecule has 4 rings (SSSR count). The fourth-order valence-electron chi connectivity index (χ4n) is 3.88. The zero-order chi connectivity index (χ0) is 25.3. The third kappa shape index (κ3) is 6.92. The Balaban J connectivity index is 1.30. The third-order valence-corrected chi connectivity index (χ3v) is 5.70. The molecule has 0 saturated carbocycles. The van der Waals surface area contributed by atoms with Gasteiger partial charge in [-0.25, -0.2) is 13.9 Å². The van der Waals surface area contributed by atoms with Crippen molar-refractivity contribution in [1.82, 2.24) is 35.4 Å². The van der Waals surface area contributed by atoms with Crippen LogP contribution in [0.15, 0.2) is 67.0 Å². The van der Waals surface area contributed by atoms with Crippen LogP contribution in [0.3, 0.4) is 0 Å². The van der Waals surface area contributed by atoms with Crippen LogP contribution < -0.4 is 10.6 Å². The van der Waals surface area contributed by atoms with Gasteiger partial charge in [-0.3, -0.25) is 4.98 Å². The minimum absolute atomic E-state index is 0.225. The zero-order valence-corrected chi connectivity index (χ0v) is 20.4. The average Bonchev–Trinajstić information content (AvgIpc) is 3.31. The highest BCUT2D eigenvalue weighted by molar-refractivity contribution is 5.91. The molecule has 0 unspecified atom stereocenters. The lowest BCUT2D eigenvalue weighted by atomic mass is 10.0. The maximum Gasteiger partial charge on any atom is 0.319 e. The van der Waals surface area contributed by atoms with E-state index in [2.05, 4.69) is 36.0 Å². The van der Waals surface area contributed by atoms with Crippen LogP contribution in [0, 0.1) is 5.82 Å². The number of hydrogen-bond donors (Lipinski definition) is 2. The van der Waals surface area contributed by atoms with Gasteiger partial charge in [-0.15, -0.1) is 5.10 Å². The number of unbranched alkanes of at least 4 members (excludes halogenated alkanes) is 1. The number of aryl methyl sites for hydroxylation is 1. The van der Waals surface area contributed by atoms with E-state index >= 15 is 0 Å². The van der Waals surface area contributed by atoms with E-state index < -0.39 is 0 Å². The molecule has 0 aliphatic heterocycles. The molecule has 0 spiro atoms. The van der Waals surface area contributed by atoms with Crippen molar-refractivity contribution in [3.63, 3.8) is 0 Å². The number of nitrogens with zero attached hydrogens (tertiary/aromatic N) is 6. The van der Waals surface area contributed by atoms with Gasteiger partial charge in [0.15, 0.2) is 5.82 Å². The second-order valence-corrected chi connectivity index (χ2v) is 8.61. The number of urea groups is 1. The van der Waals surface area contributed by atoms with Crippen molar-refractivity contribution in [1.29, 1.82) is 0 Å². The number of rotatable bonds is 10. The van der Waals surface area contributed by atoms with Crippen molar-refractivity contribution >= 4 is 11.7 Å². The summed E-state index contributed by atoms with van der Waals surface area (Å²) in [6.07, 6.45) is 5.22. The quantitative estimate of drug-likeness (QED) is 0.326. The van der Waals surface area contributed by atoms with Gasteiger partial charge in [0.1, 0.15) is 5.82 Å². The van der Waals surface area contributed by atoms with E-state index in [1.165, 1.54) is 12.1 Å². The van der Waals surface area contributed by atoms with Gasteiger partial charge in [0.2, 0.25) is 0 Å². The predicted octanol–water partition coefficient (Wildman–Crippen LogP) is 4.11. The zero-order valence-electron chi connectivity index (χ0n) is 20.4. The van der Waals surface area contributed by atoms with Crippen LogP contribution in [-0.4, -0.2) is 56.3 Å². The highest BCUT2D eigenvalue weighted by Crippen LogP contribution is 2.29. The number of halogens is 1. The monoisotopic (exact) mass is 488 g/mol. The molecule has 10 heteroatoms. The second kappa shape index (κ2) is 12.0. The summed E-state index contributed by atoms with van der Waals surface area (Å²) in [5.41, 5.74) is 4.38. The van der Waals surface area contributed by atoms with E-state index in [-0.39, 0.29) is 11.8 Å². The van der Waals surface area contributed by atoms with Gasteiger partial charge in [-0.05, 0) is 96.0 Å². The molecule has 2 aromatic heterocycles. The number of carbonyl (C=O) groups is 1. The number of tetrazole rings is 1. The summed E-state index contributed by atoms with van der Waals surface area (Å²) < 4.78 is 14.6. The lowest BCUT2D eigenvalue weighted by Gasteiger charge is -2.16. The topological polar surface area (TPSA) is 101 Å². The van der Waals surface area contributed by atoms with E-state index in [9.17, 15) is 9.18 Å². The van der Waals surface area contributed by atoms with Crippen molar-refractivity contribution in [2.75, 3.05) is 25.5 Å². The van der Waals surface area contributed by atoms with Crippen LogP contribution in [0.25, 0.3) is 22.5 Å². The van der Waals surface area contributed by atoms with Crippen molar-refractivity contribution < 1.29 is 9.18 Å². The predicted molar refractivity (Wildman–Crippen MR) is 136 cm³/mol. The molecule has 0 atom stereocenters. The number of nitrogens with one attached hydrogen (secondary N) is 2. The van der Waals surface area contributed by atoms with Crippen molar-refractivity contribution in [3.8, 4) is 22.5 Å². The van der Waals surface area contributed by atoms with Gasteiger partial charge >= 0.3 is 6.03 Å². The Morgan fingerprint density at radius 3 is 2.47 bits per heavy atom. The van der Waals surface area contributed by atoms with Crippen LogP contribution in [0.1, 0.15) is 18.4 Å². The molecule has 186 valence electrons. The lowest BCUT2D eigenvalue weighted by Crippen LogP contribution is -2.30. The summed E-state index contributed by atoms with van der Waals surface area (Å²) in [5.74, 6) is 0.371. The molecule has 2 heterocycles. The molecular formula is C26H29FN8O. The number of benzene rings is 2. The Labute approximate surface area is 209 Å². The molecule has 0 bridgehead atoms. The van der Waals surface area contributed by atoms with Crippen molar-refractivity contribution in [2.45, 2.75) is 19.4 Å². The van der Waals surface area contributed by atoms with Crippen LogP contribution in [0.4, 0.5) is 14.9 Å². The fourth-order valence-corrected chi connectivity index (χ4v) is 3.88. The molecule has 9 nitrogen and oxygen atoms in total. The SMILES string of the molecule is CN(CCCCNC(=O)Nc1cc(-c2ccncc2)cc(-c2nnnn2C)c1)Cc1ccc(F)cc1. The van der Waals surface area contributed by atoms with E-state index in [0.29, 0.717) is 18.1 Å². The van der Waals surface area contributed by atoms with Crippen LogP contribution in [-0.2, 0) is 13.6 Å². The molecule has 4 aromatic rings. The Morgan fingerprint density at radius 2 is 1.75 bits per heavy atom. The van der Waals surface area contributed by atoms with Gasteiger partial charge in [-0.2, -0.15) is 0 Å². The van der Waals surface area contributed by atoms with Crippen molar-refractivity contribution in [3.05, 3.63) is 78.4 Å². The average molecular weight is 489 g/mol.